The van der Waals surface area contributed by atoms with Crippen LogP contribution in [-0.4, -0.2) is 69.5 Å². The molecular weight excluding hydrogens is 624 g/mol. The van der Waals surface area contributed by atoms with Crippen LogP contribution in [0.1, 0.15) is 35.9 Å². The third-order valence-electron chi connectivity index (χ3n) is 5.90. The lowest BCUT2D eigenvalue weighted by Gasteiger charge is -2.18. The van der Waals surface area contributed by atoms with Crippen molar-refractivity contribution >= 4 is 17.5 Å². The Labute approximate surface area is 249 Å². The monoisotopic (exact) mass is 647 g/mol. The predicted octanol–water partition coefficient (Wildman–Crippen LogP) is 2.80. The van der Waals surface area contributed by atoms with Crippen molar-refractivity contribution in [3.8, 4) is 17.2 Å². The molecule has 0 aliphatic heterocycles. The highest BCUT2D eigenvalue weighted by atomic mass is 35.5. The molecule has 12 nitrogen and oxygen atoms in total. The highest BCUT2D eigenvalue weighted by Crippen LogP contribution is 2.33. The minimum Gasteiger partial charge on any atom is -0.382 e. The summed E-state index contributed by atoms with van der Waals surface area (Å²) in [6, 6.07) is 7.28. The fourth-order valence-corrected chi connectivity index (χ4v) is 3.95. The molecule has 4 aromatic rings. The molecule has 0 aliphatic rings. The van der Waals surface area contributed by atoms with Gasteiger partial charge in [0.25, 0.3) is 5.91 Å². The van der Waals surface area contributed by atoms with Gasteiger partial charge in [-0.1, -0.05) is 11.6 Å². The number of nitrogens with two attached hydrogens (primary N) is 1. The Balaban J connectivity index is 1.82. The number of hydrogen-bond donors (Lipinski definition) is 3. The van der Waals surface area contributed by atoms with Crippen molar-refractivity contribution in [1.29, 1.82) is 0 Å². The van der Waals surface area contributed by atoms with Gasteiger partial charge in [0, 0.05) is 28.9 Å². The molecule has 0 radical (unpaired) electrons. The second-order valence-corrected chi connectivity index (χ2v) is 10.7. The largest absolute Gasteiger partial charge is 0.420 e. The lowest BCUT2D eigenvalue weighted by atomic mass is 10.1. The Morgan fingerprint density at radius 3 is 2.34 bits per heavy atom. The van der Waals surface area contributed by atoms with Crippen LogP contribution in [0.25, 0.3) is 17.2 Å². The quantitative estimate of drug-likeness (QED) is 0.234. The van der Waals surface area contributed by atoms with Gasteiger partial charge in [0.2, 0.25) is 5.82 Å². The first kappa shape index (κ1) is 32.6. The zero-order chi connectivity index (χ0) is 32.6. The predicted molar refractivity (Wildman–Crippen MR) is 143 cm³/mol. The number of rotatable bonds is 9. The highest BCUT2D eigenvalue weighted by molar-refractivity contribution is 6.30. The first-order valence-electron chi connectivity index (χ1n) is 12.6. The topological polar surface area (TPSA) is 159 Å². The fourth-order valence-electron chi connectivity index (χ4n) is 3.82. The number of amides is 1. The van der Waals surface area contributed by atoms with Crippen LogP contribution in [0.4, 0.5) is 26.3 Å². The van der Waals surface area contributed by atoms with Gasteiger partial charge in [0.1, 0.15) is 12.1 Å². The second kappa shape index (κ2) is 12.0. The van der Waals surface area contributed by atoms with E-state index in [9.17, 15) is 41.0 Å². The molecule has 3 aromatic heterocycles. The number of hydrogen-bond acceptors (Lipinski definition) is 8. The lowest BCUT2D eigenvalue weighted by molar-refractivity contribution is -0.207. The van der Waals surface area contributed by atoms with Crippen LogP contribution in [0.5, 0.6) is 0 Å². The van der Waals surface area contributed by atoms with Gasteiger partial charge in [-0.2, -0.15) is 31.0 Å². The highest BCUT2D eigenvalue weighted by Gasteiger charge is 2.40. The van der Waals surface area contributed by atoms with E-state index in [4.69, 9.17) is 17.3 Å². The minimum atomic E-state index is -5.07. The van der Waals surface area contributed by atoms with Crippen LogP contribution >= 0.6 is 11.6 Å². The number of pyridine rings is 1. The molecule has 1 amide bonds. The summed E-state index contributed by atoms with van der Waals surface area (Å²) in [7, 11) is 0. The van der Waals surface area contributed by atoms with E-state index in [2.05, 4.69) is 25.5 Å². The van der Waals surface area contributed by atoms with E-state index in [-0.39, 0.29) is 23.0 Å². The summed E-state index contributed by atoms with van der Waals surface area (Å²) in [5.74, 6) is -3.13. The average molecular weight is 648 g/mol. The number of aromatic nitrogens is 7. The Bertz CT molecular complexity index is 1710. The maximum atomic E-state index is 13.8. The van der Waals surface area contributed by atoms with Crippen molar-refractivity contribution in [3.05, 3.63) is 75.3 Å². The molecule has 0 saturated heterocycles. The normalized spacial score (nSPS) is 13.2. The maximum Gasteiger partial charge on any atom is 0.420 e. The van der Waals surface area contributed by atoms with Crippen LogP contribution in [0, 0.1) is 0 Å². The van der Waals surface area contributed by atoms with E-state index in [1.807, 2.05) is 0 Å². The van der Waals surface area contributed by atoms with Crippen LogP contribution in [0.3, 0.4) is 0 Å². The molecule has 19 heteroatoms. The summed E-state index contributed by atoms with van der Waals surface area (Å²) in [6.45, 7) is 1.13. The molecule has 0 fully saturated rings. The summed E-state index contributed by atoms with van der Waals surface area (Å²) in [4.78, 5) is 34.0. The van der Waals surface area contributed by atoms with Gasteiger partial charge >= 0.3 is 18.0 Å². The van der Waals surface area contributed by atoms with Crippen LogP contribution in [0.2, 0.25) is 5.02 Å². The van der Waals surface area contributed by atoms with Crippen molar-refractivity contribution in [1.82, 2.24) is 39.4 Å². The number of alkyl halides is 6. The number of carbonyl (C=O) groups is 1. The van der Waals surface area contributed by atoms with Crippen molar-refractivity contribution < 1.29 is 36.2 Å². The van der Waals surface area contributed by atoms with Gasteiger partial charge < -0.3 is 16.2 Å². The van der Waals surface area contributed by atoms with Crippen molar-refractivity contribution in [2.45, 2.75) is 50.9 Å². The SMILES string of the molecule is CC(C)(N)CNC(=O)c1nc(Cn2nc(-c3ccc(Cl)cc3)n(C[C@H](O)C(F)(F)F)c2=O)nn1-c1ncccc1C(F)(F)F. The molecule has 0 unspecified atom stereocenters. The summed E-state index contributed by atoms with van der Waals surface area (Å²) in [6.07, 6.45) is -11.9. The minimum absolute atomic E-state index is 0.113. The number of nitrogens with one attached hydrogen (secondary N) is 1. The molecule has 0 spiro atoms. The van der Waals surface area contributed by atoms with E-state index in [1.54, 1.807) is 13.8 Å². The Morgan fingerprint density at radius 2 is 1.75 bits per heavy atom. The first-order valence-corrected chi connectivity index (χ1v) is 13.0. The van der Waals surface area contributed by atoms with Gasteiger partial charge in [-0.05, 0) is 50.2 Å². The molecule has 0 bridgehead atoms. The van der Waals surface area contributed by atoms with E-state index < -0.39 is 71.7 Å². The number of nitrogens with zero attached hydrogens (tertiary/aromatic N) is 7. The van der Waals surface area contributed by atoms with E-state index >= 15 is 0 Å². The third-order valence-corrected chi connectivity index (χ3v) is 6.15. The smallest absolute Gasteiger partial charge is 0.382 e. The average Bonchev–Trinajstić information content (AvgIpc) is 3.48. The molecule has 0 aliphatic carbocycles. The molecule has 3 heterocycles. The lowest BCUT2D eigenvalue weighted by Crippen LogP contribution is -2.45. The fraction of sp³-hybridized carbons (Fsp3) is 0.360. The number of aliphatic hydroxyl groups is 1. The Morgan fingerprint density at radius 1 is 1.09 bits per heavy atom. The van der Waals surface area contributed by atoms with Gasteiger partial charge in [-0.3, -0.25) is 9.36 Å². The molecule has 0 saturated carbocycles. The Kier molecular flexibility index (Phi) is 8.90. The van der Waals surface area contributed by atoms with E-state index in [1.165, 1.54) is 24.3 Å². The number of carbonyl (C=O) groups excluding carboxylic acids is 1. The zero-order valence-corrected chi connectivity index (χ0v) is 23.6. The van der Waals surface area contributed by atoms with Crippen LogP contribution < -0.4 is 16.7 Å². The molecule has 236 valence electrons. The van der Waals surface area contributed by atoms with E-state index in [0.717, 1.165) is 12.3 Å². The summed E-state index contributed by atoms with van der Waals surface area (Å²) in [5.41, 5.74) is 2.74. The van der Waals surface area contributed by atoms with Crippen LogP contribution in [0.15, 0.2) is 47.4 Å². The Hall–Kier alpha value is -4.29. The zero-order valence-electron chi connectivity index (χ0n) is 22.9. The van der Waals surface area contributed by atoms with Gasteiger partial charge in [0.05, 0.1) is 6.54 Å². The summed E-state index contributed by atoms with van der Waals surface area (Å²) < 4.78 is 82.7. The first-order chi connectivity index (χ1) is 20.3. The molecule has 4 rings (SSSR count). The number of aliphatic hydroxyl groups excluding tert-OH is 1. The summed E-state index contributed by atoms with van der Waals surface area (Å²) in [5, 5.41) is 20.4. The number of halogens is 7. The molecule has 44 heavy (non-hydrogen) atoms. The van der Waals surface area contributed by atoms with Crippen molar-refractivity contribution in [2.24, 2.45) is 5.73 Å². The second-order valence-electron chi connectivity index (χ2n) is 10.2. The van der Waals surface area contributed by atoms with Crippen molar-refractivity contribution in [2.75, 3.05) is 6.54 Å². The standard InChI is InChI=1S/C25H24ClF6N9O3/c1-23(2,33)12-35-21(43)20-36-17(37-41(20)19-15(24(27,28)29)4-3-9-34-19)11-40-22(44)39(10-16(42)25(30,31)32)18(38-40)13-5-7-14(26)8-6-13/h3-9,16,42H,10-12,33H2,1-2H3,(H,35,43)/t16-/m0/s1. The summed E-state index contributed by atoms with van der Waals surface area (Å²) >= 11 is 5.89. The molecule has 4 N–H and O–H groups in total. The molecular formula is C25H24ClF6N9O3. The molecule has 1 aromatic carbocycles. The maximum absolute atomic E-state index is 13.8. The van der Waals surface area contributed by atoms with Crippen molar-refractivity contribution in [3.63, 3.8) is 0 Å². The van der Waals surface area contributed by atoms with Gasteiger partial charge in [0.15, 0.2) is 23.6 Å². The molecule has 1 atom stereocenters. The van der Waals surface area contributed by atoms with Crippen LogP contribution in [-0.2, 0) is 19.3 Å². The van der Waals surface area contributed by atoms with Gasteiger partial charge in [-0.25, -0.2) is 19.4 Å². The van der Waals surface area contributed by atoms with Gasteiger partial charge in [-0.15, -0.1) is 10.2 Å². The van der Waals surface area contributed by atoms with E-state index in [0.29, 0.717) is 20.0 Å². The number of benzene rings is 1. The third kappa shape index (κ3) is 7.43.